The molecule has 0 aliphatic carbocycles. The number of nitrogens with zero attached hydrogens (tertiary/aromatic N) is 3. The standard InChI is InChI=1S/C34H37N3O/c1-5-33(6-2,25-17-11-9-12-18-25)27-23-28(34(7-3,8-4)26-19-13-10-14-20-26)32(38)31(24-27)37-35-29-21-15-16-22-30(29)36-37/h9-24,38H,5-8H2,1-4H3. The first-order valence-corrected chi connectivity index (χ1v) is 13.8. The number of benzene rings is 4. The van der Waals surface area contributed by atoms with Gasteiger partial charge in [0.05, 0.1) is 0 Å². The van der Waals surface area contributed by atoms with Gasteiger partial charge in [-0.2, -0.15) is 0 Å². The van der Waals surface area contributed by atoms with Crippen LogP contribution < -0.4 is 0 Å². The Kier molecular flexibility index (Phi) is 7.07. The SMILES string of the molecule is CCC(CC)(c1ccccc1)c1cc(-n2nc3ccccc3n2)c(O)c(C(CC)(CC)c2ccccc2)c1. The molecule has 0 atom stereocenters. The molecule has 0 bridgehead atoms. The van der Waals surface area contributed by atoms with Crippen molar-refractivity contribution < 1.29 is 5.11 Å². The normalized spacial score (nSPS) is 12.2. The van der Waals surface area contributed by atoms with Gasteiger partial charge >= 0.3 is 0 Å². The van der Waals surface area contributed by atoms with Crippen LogP contribution in [0.3, 0.4) is 0 Å². The van der Waals surface area contributed by atoms with Gasteiger partial charge in [-0.1, -0.05) is 107 Å². The first-order valence-electron chi connectivity index (χ1n) is 13.8. The second-order valence-corrected chi connectivity index (χ2v) is 10.2. The van der Waals surface area contributed by atoms with E-state index in [2.05, 4.69) is 100 Å². The summed E-state index contributed by atoms with van der Waals surface area (Å²) in [7, 11) is 0. The molecule has 4 aromatic carbocycles. The fourth-order valence-electron chi connectivity index (χ4n) is 6.32. The zero-order chi connectivity index (χ0) is 26.8. The van der Waals surface area contributed by atoms with Crippen molar-refractivity contribution in [2.45, 2.75) is 64.2 Å². The highest BCUT2D eigenvalue weighted by atomic mass is 16.3. The van der Waals surface area contributed by atoms with Crippen LogP contribution in [-0.4, -0.2) is 20.1 Å². The van der Waals surface area contributed by atoms with Crippen molar-refractivity contribution in [1.82, 2.24) is 15.0 Å². The van der Waals surface area contributed by atoms with Crippen LogP contribution in [0.25, 0.3) is 16.7 Å². The summed E-state index contributed by atoms with van der Waals surface area (Å²) in [5.74, 6) is 0.246. The monoisotopic (exact) mass is 503 g/mol. The largest absolute Gasteiger partial charge is 0.505 e. The van der Waals surface area contributed by atoms with Crippen molar-refractivity contribution in [2.75, 3.05) is 0 Å². The molecule has 0 aliphatic heterocycles. The molecule has 0 spiro atoms. The molecule has 4 heteroatoms. The average molecular weight is 504 g/mol. The summed E-state index contributed by atoms with van der Waals surface area (Å²) in [6.07, 6.45) is 3.58. The average Bonchev–Trinajstić information content (AvgIpc) is 3.41. The van der Waals surface area contributed by atoms with Crippen molar-refractivity contribution in [2.24, 2.45) is 0 Å². The third-order valence-corrected chi connectivity index (χ3v) is 8.73. The summed E-state index contributed by atoms with van der Waals surface area (Å²) in [5.41, 5.74) is 6.27. The third kappa shape index (κ3) is 4.09. The summed E-state index contributed by atoms with van der Waals surface area (Å²) >= 11 is 0. The van der Waals surface area contributed by atoms with Crippen LogP contribution >= 0.6 is 0 Å². The van der Waals surface area contributed by atoms with Gasteiger partial charge in [-0.15, -0.1) is 15.0 Å². The van der Waals surface area contributed by atoms with E-state index in [-0.39, 0.29) is 16.6 Å². The van der Waals surface area contributed by atoms with Crippen molar-refractivity contribution >= 4 is 11.0 Å². The lowest BCUT2D eigenvalue weighted by atomic mass is 9.66. The summed E-state index contributed by atoms with van der Waals surface area (Å²) in [6.45, 7) is 8.94. The quantitative estimate of drug-likeness (QED) is 0.220. The lowest BCUT2D eigenvalue weighted by Gasteiger charge is -2.38. The van der Waals surface area contributed by atoms with Gasteiger partial charge in [0.2, 0.25) is 0 Å². The topological polar surface area (TPSA) is 50.9 Å². The molecule has 1 aromatic heterocycles. The molecule has 1 N–H and O–H groups in total. The smallest absolute Gasteiger partial charge is 0.147 e. The number of hydrogen-bond donors (Lipinski definition) is 1. The number of hydrogen-bond acceptors (Lipinski definition) is 3. The second-order valence-electron chi connectivity index (χ2n) is 10.2. The molecular formula is C34H37N3O. The van der Waals surface area contributed by atoms with Gasteiger partial charge in [-0.05, 0) is 60.6 Å². The first-order chi connectivity index (χ1) is 18.5. The van der Waals surface area contributed by atoms with Crippen molar-refractivity contribution in [3.8, 4) is 11.4 Å². The number of phenolic OH excluding ortho intramolecular Hbond substituents is 1. The van der Waals surface area contributed by atoms with Gasteiger partial charge in [0.25, 0.3) is 0 Å². The molecule has 0 amide bonds. The van der Waals surface area contributed by atoms with Crippen LogP contribution in [0.1, 0.15) is 75.6 Å². The Balaban J connectivity index is 1.86. The van der Waals surface area contributed by atoms with Gasteiger partial charge in [0, 0.05) is 16.4 Å². The zero-order valence-electron chi connectivity index (χ0n) is 22.9. The fraction of sp³-hybridized carbons (Fsp3) is 0.294. The number of fused-ring (bicyclic) bond motifs is 1. The Morgan fingerprint density at radius 3 is 1.50 bits per heavy atom. The van der Waals surface area contributed by atoms with Crippen LogP contribution in [0.15, 0.2) is 97.1 Å². The molecule has 5 aromatic rings. The van der Waals surface area contributed by atoms with E-state index >= 15 is 0 Å². The van der Waals surface area contributed by atoms with Gasteiger partial charge in [0.15, 0.2) is 0 Å². The van der Waals surface area contributed by atoms with Gasteiger partial charge in [-0.25, -0.2) is 0 Å². The number of aromatic hydroxyl groups is 1. The molecule has 4 nitrogen and oxygen atoms in total. The summed E-state index contributed by atoms with van der Waals surface area (Å²) in [4.78, 5) is 1.62. The maximum absolute atomic E-state index is 12.0. The first kappa shape index (κ1) is 25.7. The van der Waals surface area contributed by atoms with Crippen molar-refractivity contribution in [3.05, 3.63) is 119 Å². The highest BCUT2D eigenvalue weighted by molar-refractivity contribution is 5.74. The Morgan fingerprint density at radius 1 is 0.579 bits per heavy atom. The van der Waals surface area contributed by atoms with Crippen LogP contribution in [0, 0.1) is 0 Å². The minimum absolute atomic E-state index is 0.213. The van der Waals surface area contributed by atoms with Crippen LogP contribution in [0.5, 0.6) is 5.75 Å². The predicted molar refractivity (Wildman–Crippen MR) is 156 cm³/mol. The van der Waals surface area contributed by atoms with E-state index < -0.39 is 0 Å². The fourth-order valence-corrected chi connectivity index (χ4v) is 6.32. The number of rotatable bonds is 9. The second kappa shape index (κ2) is 10.4. The molecule has 1 heterocycles. The van der Waals surface area contributed by atoms with Crippen LogP contribution in [0.4, 0.5) is 0 Å². The van der Waals surface area contributed by atoms with E-state index in [1.807, 2.05) is 24.3 Å². The predicted octanol–water partition coefficient (Wildman–Crippen LogP) is 8.34. The highest BCUT2D eigenvalue weighted by Gasteiger charge is 2.38. The lowest BCUT2D eigenvalue weighted by Crippen LogP contribution is -2.30. The Bertz CT molecular complexity index is 1480. The van der Waals surface area contributed by atoms with E-state index in [4.69, 9.17) is 10.2 Å². The van der Waals surface area contributed by atoms with E-state index in [9.17, 15) is 5.11 Å². The van der Waals surface area contributed by atoms with Crippen molar-refractivity contribution in [1.29, 1.82) is 0 Å². The van der Waals surface area contributed by atoms with Crippen LogP contribution in [-0.2, 0) is 10.8 Å². The maximum atomic E-state index is 12.0. The number of aromatic nitrogens is 3. The molecular weight excluding hydrogens is 466 g/mol. The highest BCUT2D eigenvalue weighted by Crippen LogP contribution is 2.48. The minimum atomic E-state index is -0.355. The molecule has 0 saturated carbocycles. The van der Waals surface area contributed by atoms with Crippen molar-refractivity contribution in [3.63, 3.8) is 0 Å². The molecule has 0 unspecified atom stereocenters. The molecule has 0 radical (unpaired) electrons. The van der Waals surface area contributed by atoms with E-state index in [0.29, 0.717) is 5.69 Å². The summed E-state index contributed by atoms with van der Waals surface area (Å²) in [5, 5.41) is 21.6. The number of phenols is 1. The van der Waals surface area contributed by atoms with Gasteiger partial charge in [0.1, 0.15) is 22.5 Å². The Labute approximate surface area is 226 Å². The maximum Gasteiger partial charge on any atom is 0.147 e. The summed E-state index contributed by atoms with van der Waals surface area (Å²) < 4.78 is 0. The van der Waals surface area contributed by atoms with Gasteiger partial charge < -0.3 is 5.11 Å². The molecule has 38 heavy (non-hydrogen) atoms. The molecule has 0 aliphatic rings. The Morgan fingerprint density at radius 2 is 1.03 bits per heavy atom. The van der Waals surface area contributed by atoms with E-state index in [1.54, 1.807) is 4.80 Å². The Hall–Kier alpha value is -3.92. The van der Waals surface area contributed by atoms with Crippen LogP contribution in [0.2, 0.25) is 0 Å². The molecule has 0 fully saturated rings. The minimum Gasteiger partial charge on any atom is -0.505 e. The summed E-state index contributed by atoms with van der Waals surface area (Å²) in [6, 6.07) is 33.6. The molecule has 194 valence electrons. The lowest BCUT2D eigenvalue weighted by molar-refractivity contribution is 0.410. The van der Waals surface area contributed by atoms with Gasteiger partial charge in [-0.3, -0.25) is 0 Å². The zero-order valence-corrected chi connectivity index (χ0v) is 22.9. The molecule has 0 saturated heterocycles. The molecule has 5 rings (SSSR count). The van der Waals surface area contributed by atoms with E-state index in [1.165, 1.54) is 16.7 Å². The van der Waals surface area contributed by atoms with E-state index in [0.717, 1.165) is 42.3 Å². The third-order valence-electron chi connectivity index (χ3n) is 8.73.